The Kier molecular flexibility index (Phi) is 6.26. The van der Waals surface area contributed by atoms with Crippen LogP contribution in [0.3, 0.4) is 0 Å². The van der Waals surface area contributed by atoms with Crippen molar-refractivity contribution in [1.82, 2.24) is 0 Å². The number of rotatable bonds is 6. The molecule has 130 valence electrons. The molecule has 0 unspecified atom stereocenters. The first-order chi connectivity index (χ1) is 12.6. The predicted octanol–water partition coefficient (Wildman–Crippen LogP) is 5.41. The maximum absolute atomic E-state index is 12.7. The summed E-state index contributed by atoms with van der Waals surface area (Å²) in [4.78, 5) is 26.0. The first-order valence-electron chi connectivity index (χ1n) is 8.00. The van der Waals surface area contributed by atoms with Crippen LogP contribution in [0.15, 0.2) is 88.2 Å². The van der Waals surface area contributed by atoms with Gasteiger partial charge < -0.3 is 5.32 Å². The second-order valence-electron chi connectivity index (χ2n) is 5.53. The molecule has 1 N–H and O–H groups in total. The molecule has 0 aliphatic heterocycles. The van der Waals surface area contributed by atoms with Gasteiger partial charge in [0, 0.05) is 20.5 Å². The van der Waals surface area contributed by atoms with E-state index in [1.54, 1.807) is 36.4 Å². The SMILES string of the molecule is O=C(CSc1ccc(Br)cc1)Nc1ccccc1C(=O)c1ccccc1. The van der Waals surface area contributed by atoms with Crippen molar-refractivity contribution >= 4 is 45.1 Å². The van der Waals surface area contributed by atoms with E-state index < -0.39 is 0 Å². The minimum absolute atomic E-state index is 0.109. The second kappa shape index (κ2) is 8.83. The number of para-hydroxylation sites is 1. The summed E-state index contributed by atoms with van der Waals surface area (Å²) < 4.78 is 1.000. The quantitative estimate of drug-likeness (QED) is 0.424. The molecule has 0 saturated carbocycles. The van der Waals surface area contributed by atoms with Gasteiger partial charge >= 0.3 is 0 Å². The molecule has 3 nitrogen and oxygen atoms in total. The number of halogens is 1. The highest BCUT2D eigenvalue weighted by Crippen LogP contribution is 2.22. The van der Waals surface area contributed by atoms with Gasteiger partial charge in [0.1, 0.15) is 0 Å². The lowest BCUT2D eigenvalue weighted by atomic mass is 10.0. The molecule has 26 heavy (non-hydrogen) atoms. The third-order valence-corrected chi connectivity index (χ3v) is 5.21. The highest BCUT2D eigenvalue weighted by molar-refractivity contribution is 9.10. The summed E-state index contributed by atoms with van der Waals surface area (Å²) >= 11 is 4.84. The number of anilines is 1. The zero-order valence-electron chi connectivity index (χ0n) is 13.8. The summed E-state index contributed by atoms with van der Waals surface area (Å²) in [5.41, 5.74) is 1.61. The summed E-state index contributed by atoms with van der Waals surface area (Å²) in [6.45, 7) is 0. The van der Waals surface area contributed by atoms with Gasteiger partial charge in [-0.15, -0.1) is 11.8 Å². The number of thioether (sulfide) groups is 1. The van der Waals surface area contributed by atoms with Gasteiger partial charge in [0.2, 0.25) is 5.91 Å². The molecular weight excluding hydrogens is 410 g/mol. The highest BCUT2D eigenvalue weighted by atomic mass is 79.9. The van der Waals surface area contributed by atoms with Crippen LogP contribution in [0.2, 0.25) is 0 Å². The monoisotopic (exact) mass is 425 g/mol. The lowest BCUT2D eigenvalue weighted by Gasteiger charge is -2.10. The molecule has 3 aromatic rings. The van der Waals surface area contributed by atoms with Gasteiger partial charge in [-0.2, -0.15) is 0 Å². The van der Waals surface area contributed by atoms with Crippen molar-refractivity contribution < 1.29 is 9.59 Å². The summed E-state index contributed by atoms with van der Waals surface area (Å²) in [5, 5.41) is 2.85. The first-order valence-corrected chi connectivity index (χ1v) is 9.78. The van der Waals surface area contributed by atoms with Crippen molar-refractivity contribution in [1.29, 1.82) is 0 Å². The molecule has 5 heteroatoms. The average molecular weight is 426 g/mol. The van der Waals surface area contributed by atoms with Crippen LogP contribution in [0.1, 0.15) is 15.9 Å². The lowest BCUT2D eigenvalue weighted by molar-refractivity contribution is -0.113. The van der Waals surface area contributed by atoms with E-state index in [4.69, 9.17) is 0 Å². The highest BCUT2D eigenvalue weighted by Gasteiger charge is 2.14. The van der Waals surface area contributed by atoms with Crippen LogP contribution >= 0.6 is 27.7 Å². The second-order valence-corrected chi connectivity index (χ2v) is 7.50. The van der Waals surface area contributed by atoms with Crippen LogP contribution in [-0.2, 0) is 4.79 Å². The average Bonchev–Trinajstić information content (AvgIpc) is 2.68. The number of carbonyl (C=O) groups is 2. The maximum Gasteiger partial charge on any atom is 0.234 e. The fraction of sp³-hybridized carbons (Fsp3) is 0.0476. The van der Waals surface area contributed by atoms with E-state index in [-0.39, 0.29) is 17.4 Å². The molecule has 0 aliphatic carbocycles. The maximum atomic E-state index is 12.7. The summed E-state index contributed by atoms with van der Waals surface area (Å²) in [6.07, 6.45) is 0. The number of benzene rings is 3. The van der Waals surface area contributed by atoms with Crippen molar-refractivity contribution in [2.24, 2.45) is 0 Å². The van der Waals surface area contributed by atoms with Crippen molar-refractivity contribution in [3.8, 4) is 0 Å². The number of amides is 1. The number of carbonyl (C=O) groups excluding carboxylic acids is 2. The molecule has 3 rings (SSSR count). The number of nitrogens with one attached hydrogen (secondary N) is 1. The zero-order valence-corrected chi connectivity index (χ0v) is 16.2. The van der Waals surface area contributed by atoms with Gasteiger partial charge in [-0.3, -0.25) is 9.59 Å². The van der Waals surface area contributed by atoms with Crippen LogP contribution < -0.4 is 5.32 Å². The number of hydrogen-bond donors (Lipinski definition) is 1. The Morgan fingerprint density at radius 2 is 1.50 bits per heavy atom. The van der Waals surface area contributed by atoms with E-state index in [1.807, 2.05) is 42.5 Å². The molecular formula is C21H16BrNO2S. The molecule has 0 heterocycles. The fourth-order valence-electron chi connectivity index (χ4n) is 2.40. The Balaban J connectivity index is 1.69. The van der Waals surface area contributed by atoms with Crippen molar-refractivity contribution in [3.05, 3.63) is 94.5 Å². The molecule has 0 radical (unpaired) electrons. The molecule has 0 fully saturated rings. The van der Waals surface area contributed by atoms with Gasteiger partial charge in [-0.1, -0.05) is 58.4 Å². The minimum Gasteiger partial charge on any atom is -0.325 e. The smallest absolute Gasteiger partial charge is 0.234 e. The molecule has 0 atom stereocenters. The van der Waals surface area contributed by atoms with Gasteiger partial charge in [0.15, 0.2) is 5.78 Å². The summed E-state index contributed by atoms with van der Waals surface area (Å²) in [6, 6.07) is 23.9. The van der Waals surface area contributed by atoms with Gasteiger partial charge in [0.05, 0.1) is 11.4 Å². The number of ketones is 1. The van der Waals surface area contributed by atoms with E-state index in [0.29, 0.717) is 16.8 Å². The Morgan fingerprint density at radius 1 is 0.846 bits per heavy atom. The normalized spacial score (nSPS) is 10.3. The third-order valence-electron chi connectivity index (χ3n) is 3.67. The fourth-order valence-corrected chi connectivity index (χ4v) is 3.36. The van der Waals surface area contributed by atoms with Crippen LogP contribution in [0.5, 0.6) is 0 Å². The van der Waals surface area contributed by atoms with E-state index in [2.05, 4.69) is 21.2 Å². The molecule has 0 bridgehead atoms. The Morgan fingerprint density at radius 3 is 2.23 bits per heavy atom. The van der Waals surface area contributed by atoms with E-state index >= 15 is 0 Å². The minimum atomic E-state index is -0.147. The first kappa shape index (κ1) is 18.4. The van der Waals surface area contributed by atoms with Crippen LogP contribution in [0.4, 0.5) is 5.69 Å². The molecule has 0 aromatic heterocycles. The Hall–Kier alpha value is -2.37. The van der Waals surface area contributed by atoms with Gasteiger partial charge in [-0.25, -0.2) is 0 Å². The molecule has 0 spiro atoms. The largest absolute Gasteiger partial charge is 0.325 e. The Bertz CT molecular complexity index is 911. The molecule has 0 aliphatic rings. The van der Waals surface area contributed by atoms with E-state index in [1.165, 1.54) is 11.8 Å². The van der Waals surface area contributed by atoms with Crippen LogP contribution in [0, 0.1) is 0 Å². The molecule has 1 amide bonds. The standard InChI is InChI=1S/C21H16BrNO2S/c22-16-10-12-17(13-11-16)26-14-20(24)23-19-9-5-4-8-18(19)21(25)15-6-2-1-3-7-15/h1-13H,14H2,(H,23,24). The van der Waals surface area contributed by atoms with Crippen molar-refractivity contribution in [2.45, 2.75) is 4.90 Å². The van der Waals surface area contributed by atoms with E-state index in [9.17, 15) is 9.59 Å². The van der Waals surface area contributed by atoms with Crippen molar-refractivity contribution in [2.75, 3.05) is 11.1 Å². The predicted molar refractivity (Wildman–Crippen MR) is 110 cm³/mol. The lowest BCUT2D eigenvalue weighted by Crippen LogP contribution is -2.16. The molecule has 0 saturated heterocycles. The van der Waals surface area contributed by atoms with Gasteiger partial charge in [0.25, 0.3) is 0 Å². The zero-order chi connectivity index (χ0) is 18.4. The van der Waals surface area contributed by atoms with Gasteiger partial charge in [-0.05, 0) is 36.4 Å². The van der Waals surface area contributed by atoms with Crippen molar-refractivity contribution in [3.63, 3.8) is 0 Å². The summed E-state index contributed by atoms with van der Waals surface area (Å²) in [5.74, 6) is 0.0171. The number of hydrogen-bond acceptors (Lipinski definition) is 3. The third kappa shape index (κ3) is 4.84. The summed E-state index contributed by atoms with van der Waals surface area (Å²) in [7, 11) is 0. The van der Waals surface area contributed by atoms with Crippen LogP contribution in [-0.4, -0.2) is 17.4 Å². The van der Waals surface area contributed by atoms with E-state index in [0.717, 1.165) is 9.37 Å². The Labute approximate surface area is 165 Å². The topological polar surface area (TPSA) is 46.2 Å². The molecule has 3 aromatic carbocycles. The van der Waals surface area contributed by atoms with Crippen LogP contribution in [0.25, 0.3) is 0 Å².